The number of hydrogen-bond acceptors (Lipinski definition) is 1. The van der Waals surface area contributed by atoms with Crippen LogP contribution in [0.4, 0.5) is 0 Å². The summed E-state index contributed by atoms with van der Waals surface area (Å²) in [6, 6.07) is 18.7. The van der Waals surface area contributed by atoms with Gasteiger partial charge in [0.25, 0.3) is 0 Å². The predicted octanol–water partition coefficient (Wildman–Crippen LogP) is 0.683. The van der Waals surface area contributed by atoms with Crippen LogP contribution in [0.2, 0.25) is 0 Å². The summed E-state index contributed by atoms with van der Waals surface area (Å²) in [6.07, 6.45) is 0.959. The topological polar surface area (TPSA) is 0 Å². The molecule has 0 radical (unpaired) electrons. The van der Waals surface area contributed by atoms with E-state index in [0.29, 0.717) is 0 Å². The maximum absolute atomic E-state index is 4.43. The largest absolute Gasteiger partial charge is 1.00 e. The van der Waals surface area contributed by atoms with E-state index in [9.17, 15) is 0 Å². The van der Waals surface area contributed by atoms with Gasteiger partial charge >= 0.3 is 18.9 Å². The average Bonchev–Trinajstić information content (AvgIpc) is 2.23. The van der Waals surface area contributed by atoms with Gasteiger partial charge in [0.05, 0.1) is 0 Å². The zero-order valence-corrected chi connectivity index (χ0v) is 9.74. The first-order valence-electron chi connectivity index (χ1n) is 4.67. The van der Waals surface area contributed by atoms with Crippen LogP contribution in [0.1, 0.15) is 12.6 Å². The number of benzene rings is 2. The fraction of sp³-hybridized carbons (Fsp3) is 0.0769. The van der Waals surface area contributed by atoms with Crippen molar-refractivity contribution in [3.05, 3.63) is 65.7 Å². The maximum atomic E-state index is 4.43. The van der Waals surface area contributed by atoms with Crippen molar-refractivity contribution in [1.82, 2.24) is 0 Å². The molecule has 0 atom stereocenters. The molecule has 0 saturated carbocycles. The van der Waals surface area contributed by atoms with Crippen LogP contribution >= 0.6 is 12.6 Å². The monoisotopic (exact) mass is 208 g/mol. The minimum absolute atomic E-state index is 0. The molecule has 0 N–H and O–H groups in total. The molecule has 0 aromatic heterocycles. The zero-order chi connectivity index (χ0) is 9.80. The number of hydrogen-bond donors (Lipinski definition) is 1. The Morgan fingerprint density at radius 2 is 1.47 bits per heavy atom. The molecule has 15 heavy (non-hydrogen) atoms. The van der Waals surface area contributed by atoms with Crippen molar-refractivity contribution in [3.63, 3.8) is 0 Å². The first kappa shape index (κ1) is 12.5. The van der Waals surface area contributed by atoms with Gasteiger partial charge in [0, 0.05) is 4.90 Å². The normalized spacial score (nSPS) is 9.40. The molecule has 2 aromatic rings. The van der Waals surface area contributed by atoms with E-state index in [1.807, 2.05) is 18.2 Å². The van der Waals surface area contributed by atoms with E-state index in [0.717, 1.165) is 11.3 Å². The molecule has 0 nitrogen and oxygen atoms in total. The quantitative estimate of drug-likeness (QED) is 0.544. The SMILES string of the molecule is Sc1ccccc1Cc1ccccc1.[H-].[Li+]. The van der Waals surface area contributed by atoms with Crippen molar-refractivity contribution in [1.29, 1.82) is 0 Å². The Balaban J connectivity index is 0.00000112. The number of rotatable bonds is 2. The third-order valence-electron chi connectivity index (χ3n) is 2.23. The minimum Gasteiger partial charge on any atom is -1.00 e. The van der Waals surface area contributed by atoms with E-state index in [1.165, 1.54) is 11.1 Å². The van der Waals surface area contributed by atoms with Gasteiger partial charge in [0.15, 0.2) is 0 Å². The van der Waals surface area contributed by atoms with Crippen LogP contribution in [0.15, 0.2) is 59.5 Å². The summed E-state index contributed by atoms with van der Waals surface area (Å²) in [7, 11) is 0. The van der Waals surface area contributed by atoms with Crippen molar-refractivity contribution < 1.29 is 20.3 Å². The van der Waals surface area contributed by atoms with E-state index in [2.05, 4.69) is 49.0 Å². The molecule has 0 unspecified atom stereocenters. The Kier molecular flexibility index (Phi) is 5.05. The number of thiol groups is 1. The second-order valence-corrected chi connectivity index (χ2v) is 3.77. The Morgan fingerprint density at radius 1 is 0.867 bits per heavy atom. The van der Waals surface area contributed by atoms with E-state index >= 15 is 0 Å². The molecule has 0 spiro atoms. The summed E-state index contributed by atoms with van der Waals surface area (Å²) in [5, 5.41) is 0. The Bertz CT molecular complexity index is 417. The standard InChI is InChI=1S/C13H12S.Li.H/c14-13-9-5-4-8-12(13)10-11-6-2-1-3-7-11;;/h1-9,14H,10H2;;/q;+1;-1. The summed E-state index contributed by atoms with van der Waals surface area (Å²) in [6.45, 7) is 0. The smallest absolute Gasteiger partial charge is 1.00 e. The summed E-state index contributed by atoms with van der Waals surface area (Å²) >= 11 is 4.43. The molecule has 0 fully saturated rings. The first-order valence-corrected chi connectivity index (χ1v) is 5.12. The molecule has 0 aliphatic heterocycles. The third-order valence-corrected chi connectivity index (χ3v) is 2.67. The van der Waals surface area contributed by atoms with Crippen LogP contribution < -0.4 is 18.9 Å². The van der Waals surface area contributed by atoms with Gasteiger partial charge in [-0.1, -0.05) is 48.5 Å². The Morgan fingerprint density at radius 3 is 2.13 bits per heavy atom. The van der Waals surface area contributed by atoms with Gasteiger partial charge in [-0.15, -0.1) is 12.6 Å². The van der Waals surface area contributed by atoms with E-state index < -0.39 is 0 Å². The first-order chi connectivity index (χ1) is 6.86. The zero-order valence-electron chi connectivity index (χ0n) is 9.85. The van der Waals surface area contributed by atoms with Crippen molar-refractivity contribution in [2.24, 2.45) is 0 Å². The van der Waals surface area contributed by atoms with Gasteiger partial charge in [-0.3, -0.25) is 0 Å². The van der Waals surface area contributed by atoms with E-state index in [4.69, 9.17) is 0 Å². The van der Waals surface area contributed by atoms with Gasteiger partial charge in [0.1, 0.15) is 0 Å². The Labute approximate surface area is 110 Å². The van der Waals surface area contributed by atoms with Crippen molar-refractivity contribution in [2.45, 2.75) is 11.3 Å². The van der Waals surface area contributed by atoms with Gasteiger partial charge in [-0.25, -0.2) is 0 Å². The molecule has 2 rings (SSSR count). The molecule has 0 aliphatic carbocycles. The van der Waals surface area contributed by atoms with Crippen LogP contribution in [0.5, 0.6) is 0 Å². The summed E-state index contributed by atoms with van der Waals surface area (Å²) in [5.74, 6) is 0. The second-order valence-electron chi connectivity index (χ2n) is 3.29. The Hall–Kier alpha value is -0.613. The van der Waals surface area contributed by atoms with E-state index in [1.54, 1.807) is 0 Å². The fourth-order valence-electron chi connectivity index (χ4n) is 1.48. The van der Waals surface area contributed by atoms with Crippen LogP contribution in [-0.2, 0) is 6.42 Å². The van der Waals surface area contributed by atoms with Gasteiger partial charge in [-0.2, -0.15) is 0 Å². The molecule has 2 heteroatoms. The molecule has 2 aromatic carbocycles. The average molecular weight is 208 g/mol. The van der Waals surface area contributed by atoms with Crippen molar-refractivity contribution in [3.8, 4) is 0 Å². The summed E-state index contributed by atoms with van der Waals surface area (Å²) < 4.78 is 0. The summed E-state index contributed by atoms with van der Waals surface area (Å²) in [4.78, 5) is 1.07. The molecular formula is C13H13LiS. The molecule has 0 bridgehead atoms. The van der Waals surface area contributed by atoms with Gasteiger partial charge in [0.2, 0.25) is 0 Å². The molecule has 0 heterocycles. The third kappa shape index (κ3) is 3.46. The van der Waals surface area contributed by atoms with Crippen LogP contribution in [-0.4, -0.2) is 0 Å². The molecule has 72 valence electrons. The van der Waals surface area contributed by atoms with Gasteiger partial charge < -0.3 is 1.43 Å². The fourth-order valence-corrected chi connectivity index (χ4v) is 1.72. The minimum atomic E-state index is 0. The molecule has 0 aliphatic rings. The molecule has 0 amide bonds. The second kappa shape index (κ2) is 6.08. The van der Waals surface area contributed by atoms with Crippen molar-refractivity contribution >= 4 is 12.6 Å². The van der Waals surface area contributed by atoms with E-state index in [-0.39, 0.29) is 20.3 Å². The molecular weight excluding hydrogens is 195 g/mol. The van der Waals surface area contributed by atoms with Gasteiger partial charge in [-0.05, 0) is 23.6 Å². The molecule has 0 saturated heterocycles. The van der Waals surface area contributed by atoms with Crippen LogP contribution in [0.3, 0.4) is 0 Å². The van der Waals surface area contributed by atoms with Crippen molar-refractivity contribution in [2.75, 3.05) is 0 Å². The maximum Gasteiger partial charge on any atom is 1.00 e. The summed E-state index contributed by atoms with van der Waals surface area (Å²) in [5.41, 5.74) is 2.61. The van der Waals surface area contributed by atoms with Crippen LogP contribution in [0.25, 0.3) is 0 Å². The predicted molar refractivity (Wildman–Crippen MR) is 64.1 cm³/mol. The van der Waals surface area contributed by atoms with Crippen LogP contribution in [0, 0.1) is 0 Å².